The molecule has 0 bridgehead atoms. The van der Waals surface area contributed by atoms with Gasteiger partial charge in [0.15, 0.2) is 0 Å². The number of carboxylic acid groups (broad SMARTS) is 1. The number of hydrogen-bond donors (Lipinski definition) is 5. The summed E-state index contributed by atoms with van der Waals surface area (Å²) in [6, 6.07) is 4.72. The van der Waals surface area contributed by atoms with E-state index < -0.39 is 29.7 Å². The molecule has 0 aliphatic rings. The van der Waals surface area contributed by atoms with Gasteiger partial charge in [-0.1, -0.05) is 6.07 Å². The van der Waals surface area contributed by atoms with Crippen LogP contribution >= 0.6 is 0 Å². The Bertz CT molecular complexity index is 1380. The first kappa shape index (κ1) is 58.9. The molecular weight excluding hydrogens is 864 g/mol. The first-order valence-electron chi connectivity index (χ1n) is 21.6. The lowest BCUT2D eigenvalue weighted by Gasteiger charge is -2.11. The zero-order chi connectivity index (χ0) is 47.3. The zero-order valence-corrected chi connectivity index (χ0v) is 37.8. The van der Waals surface area contributed by atoms with Gasteiger partial charge in [-0.3, -0.25) is 24.0 Å². The van der Waals surface area contributed by atoms with Gasteiger partial charge in [0.2, 0.25) is 11.8 Å². The Morgan fingerprint density at radius 1 is 0.477 bits per heavy atom. The molecule has 0 aliphatic carbocycles. The smallest absolute Gasteiger partial charge is 0.305 e. The number of carbonyl (C=O) groups is 5. The molecule has 1 rings (SSSR count). The summed E-state index contributed by atoms with van der Waals surface area (Å²) in [5.74, 6) is -2.81. The minimum Gasteiger partial charge on any atom is -0.481 e. The maximum Gasteiger partial charge on any atom is 0.305 e. The number of anilines is 1. The van der Waals surface area contributed by atoms with Crippen LogP contribution in [0.4, 0.5) is 5.69 Å². The highest BCUT2D eigenvalue weighted by atomic mass is 16.6. The van der Waals surface area contributed by atoms with Crippen LogP contribution in [0.5, 0.6) is 0 Å². The van der Waals surface area contributed by atoms with E-state index in [1.165, 1.54) is 13.2 Å². The Labute approximate surface area is 381 Å². The molecular formula is C42H72N4O19. The second kappa shape index (κ2) is 43.8. The molecule has 0 saturated heterocycles. The number of carboxylic acids is 1. The van der Waals surface area contributed by atoms with E-state index in [1.807, 2.05) is 0 Å². The van der Waals surface area contributed by atoms with Crippen LogP contribution in [-0.2, 0) is 87.2 Å². The number of aryl methyl sites for hydroxylation is 1. The van der Waals surface area contributed by atoms with Gasteiger partial charge in [-0.05, 0) is 24.1 Å². The number of benzene rings is 1. The molecule has 3 amide bonds. The lowest BCUT2D eigenvalue weighted by Crippen LogP contribution is -2.42. The monoisotopic (exact) mass is 936 g/mol. The van der Waals surface area contributed by atoms with Crippen LogP contribution in [0.1, 0.15) is 28.8 Å². The van der Waals surface area contributed by atoms with E-state index in [1.54, 1.807) is 12.1 Å². The number of hydrogen-bond acceptors (Lipinski definition) is 19. The largest absolute Gasteiger partial charge is 0.481 e. The predicted molar refractivity (Wildman–Crippen MR) is 232 cm³/mol. The summed E-state index contributed by atoms with van der Waals surface area (Å²) in [6.45, 7) is 9.44. The first-order valence-corrected chi connectivity index (χ1v) is 21.6. The van der Waals surface area contributed by atoms with Crippen molar-refractivity contribution in [1.82, 2.24) is 16.0 Å². The number of ether oxygens (including phenoxy) is 13. The van der Waals surface area contributed by atoms with E-state index in [0.717, 1.165) is 0 Å². The third-order valence-corrected chi connectivity index (χ3v) is 8.18. The van der Waals surface area contributed by atoms with Gasteiger partial charge in [0.25, 0.3) is 5.91 Å². The van der Waals surface area contributed by atoms with Crippen molar-refractivity contribution in [3.05, 3.63) is 29.3 Å². The van der Waals surface area contributed by atoms with Gasteiger partial charge < -0.3 is 88.4 Å². The Balaban J connectivity index is 1.76. The van der Waals surface area contributed by atoms with Crippen LogP contribution in [0.2, 0.25) is 0 Å². The number of nitrogens with one attached hydrogen (secondary N) is 3. The number of nitrogen functional groups attached to an aromatic ring is 1. The van der Waals surface area contributed by atoms with Gasteiger partial charge in [0, 0.05) is 24.2 Å². The van der Waals surface area contributed by atoms with Gasteiger partial charge >= 0.3 is 11.9 Å². The van der Waals surface area contributed by atoms with Gasteiger partial charge in [0.1, 0.15) is 0 Å². The molecule has 1 aromatic rings. The summed E-state index contributed by atoms with van der Waals surface area (Å²) >= 11 is 0. The second-order valence-electron chi connectivity index (χ2n) is 13.3. The predicted octanol–water partition coefficient (Wildman–Crippen LogP) is -0.989. The van der Waals surface area contributed by atoms with Crippen molar-refractivity contribution >= 4 is 35.3 Å². The van der Waals surface area contributed by atoms with Crippen LogP contribution < -0.4 is 21.7 Å². The molecule has 0 atom stereocenters. The van der Waals surface area contributed by atoms with E-state index >= 15 is 0 Å². The van der Waals surface area contributed by atoms with E-state index in [4.69, 9.17) is 67.7 Å². The first-order chi connectivity index (χ1) is 31.7. The zero-order valence-electron chi connectivity index (χ0n) is 37.8. The molecule has 1 aromatic carbocycles. The molecule has 23 nitrogen and oxygen atoms in total. The van der Waals surface area contributed by atoms with Crippen molar-refractivity contribution in [3.63, 3.8) is 0 Å². The lowest BCUT2D eigenvalue weighted by molar-refractivity contribution is -0.140. The molecule has 23 heteroatoms. The summed E-state index contributed by atoms with van der Waals surface area (Å²) in [4.78, 5) is 58.7. The van der Waals surface area contributed by atoms with E-state index in [0.29, 0.717) is 157 Å². The standard InChI is InChI=1S/C42H72N4O19/c1-53-41(51)5-3-35-2-4-36(43)32-37(35)42(52)46-34-39(48)45-33-38(47)44-7-9-55-11-13-57-15-17-59-19-21-61-23-25-63-27-29-65-31-30-64-28-26-62-24-22-60-20-18-58-16-14-56-12-10-54-8-6-40(49)50/h2,4,32H,3,5-31,33-34,43H2,1H3,(H,44,47)(H,45,48)(H,46,52)(H,49,50). The summed E-state index contributed by atoms with van der Waals surface area (Å²) in [5.41, 5.74) is 6.99. The van der Waals surface area contributed by atoms with Crippen LogP contribution in [0, 0.1) is 0 Å². The Morgan fingerprint density at radius 2 is 0.831 bits per heavy atom. The Morgan fingerprint density at radius 3 is 1.22 bits per heavy atom. The molecule has 6 N–H and O–H groups in total. The topological polar surface area (TPSA) is 288 Å². The van der Waals surface area contributed by atoms with Crippen molar-refractivity contribution in [2.75, 3.05) is 191 Å². The molecule has 374 valence electrons. The quantitative estimate of drug-likeness (QED) is 0.0298. The van der Waals surface area contributed by atoms with Crippen molar-refractivity contribution in [1.29, 1.82) is 0 Å². The third kappa shape index (κ3) is 38.8. The fourth-order valence-electron chi connectivity index (χ4n) is 4.87. The van der Waals surface area contributed by atoms with E-state index in [9.17, 15) is 24.0 Å². The maximum absolute atomic E-state index is 12.7. The molecule has 0 spiro atoms. The van der Waals surface area contributed by atoms with Gasteiger partial charge in [-0.25, -0.2) is 0 Å². The molecule has 0 aromatic heterocycles. The number of aliphatic carboxylic acids is 1. The van der Waals surface area contributed by atoms with Crippen molar-refractivity contribution in [2.45, 2.75) is 19.3 Å². The average molecular weight is 937 g/mol. The number of nitrogens with two attached hydrogens (primary N) is 1. The summed E-state index contributed by atoms with van der Waals surface area (Å²) in [6.07, 6.45) is 0.330. The third-order valence-electron chi connectivity index (χ3n) is 8.18. The van der Waals surface area contributed by atoms with Gasteiger partial charge in [-0.2, -0.15) is 0 Å². The second-order valence-corrected chi connectivity index (χ2v) is 13.3. The van der Waals surface area contributed by atoms with Crippen molar-refractivity contribution < 1.29 is 90.7 Å². The fraction of sp³-hybridized carbons (Fsp3) is 0.738. The number of methoxy groups -OCH3 is 1. The number of carbonyl (C=O) groups excluding carboxylic acids is 4. The highest BCUT2D eigenvalue weighted by molar-refractivity contribution is 5.98. The van der Waals surface area contributed by atoms with Gasteiger partial charge in [0.05, 0.1) is 185 Å². The number of amides is 3. The molecule has 0 radical (unpaired) electrons. The number of rotatable bonds is 47. The molecule has 0 unspecified atom stereocenters. The summed E-state index contributed by atoms with van der Waals surface area (Å²) in [5, 5.41) is 16.1. The summed E-state index contributed by atoms with van der Waals surface area (Å²) in [7, 11) is 1.28. The van der Waals surface area contributed by atoms with Crippen LogP contribution in [0.25, 0.3) is 0 Å². The normalized spacial score (nSPS) is 11.1. The van der Waals surface area contributed by atoms with Crippen molar-refractivity contribution in [2.24, 2.45) is 0 Å². The maximum atomic E-state index is 12.7. The van der Waals surface area contributed by atoms with E-state index in [2.05, 4.69) is 20.7 Å². The van der Waals surface area contributed by atoms with Crippen LogP contribution in [0.15, 0.2) is 18.2 Å². The van der Waals surface area contributed by atoms with E-state index in [-0.39, 0.29) is 57.7 Å². The minimum atomic E-state index is -0.886. The summed E-state index contributed by atoms with van der Waals surface area (Å²) < 4.78 is 69.6. The fourth-order valence-corrected chi connectivity index (χ4v) is 4.87. The highest BCUT2D eigenvalue weighted by Crippen LogP contribution is 2.16. The van der Waals surface area contributed by atoms with Crippen molar-refractivity contribution in [3.8, 4) is 0 Å². The van der Waals surface area contributed by atoms with Crippen LogP contribution in [0.3, 0.4) is 0 Å². The molecule has 0 saturated carbocycles. The Kier molecular flexibility index (Phi) is 39.7. The molecule has 0 heterocycles. The van der Waals surface area contributed by atoms with Gasteiger partial charge in [-0.15, -0.1) is 0 Å². The van der Waals surface area contributed by atoms with Crippen LogP contribution in [-0.4, -0.2) is 220 Å². The minimum absolute atomic E-state index is 0.0160. The lowest BCUT2D eigenvalue weighted by atomic mass is 10.0. The SMILES string of the molecule is COC(=O)CCc1ccc(N)cc1C(=O)NCC(=O)NCC(=O)NCCOCCOCCOCCOCCOCCOCCOCCOCCOCCOCCOCCOCCC(=O)O. The molecule has 65 heavy (non-hydrogen) atoms. The molecule has 0 aliphatic heterocycles. The molecule has 0 fully saturated rings. The Hall–Kier alpha value is -4.11. The highest BCUT2D eigenvalue weighted by Gasteiger charge is 2.15. The number of esters is 1. The average Bonchev–Trinajstić information content (AvgIpc) is 3.30.